The number of nitrogens with one attached hydrogen (secondary N) is 1. The van der Waals surface area contributed by atoms with E-state index in [1.54, 1.807) is 0 Å². The zero-order valence-electron chi connectivity index (χ0n) is 13.1. The predicted molar refractivity (Wildman–Crippen MR) is 82.6 cm³/mol. The van der Waals surface area contributed by atoms with Gasteiger partial charge in [0.1, 0.15) is 11.9 Å². The molecule has 1 aromatic rings. The fourth-order valence-corrected chi connectivity index (χ4v) is 2.48. The van der Waals surface area contributed by atoms with Gasteiger partial charge in [0, 0.05) is 13.2 Å². The average molecular weight is 291 g/mol. The van der Waals surface area contributed by atoms with Crippen LogP contribution in [0.5, 0.6) is 5.75 Å². The molecule has 1 atom stereocenters. The third kappa shape index (κ3) is 4.74. The Morgan fingerprint density at radius 2 is 2.29 bits per heavy atom. The Kier molecular flexibility index (Phi) is 5.62. The molecule has 1 amide bonds. The second-order valence-electron chi connectivity index (χ2n) is 5.81. The number of aryl methyl sites for hydroxylation is 1. The summed E-state index contributed by atoms with van der Waals surface area (Å²) in [4.78, 5) is 11.8. The standard InChI is InChI=1S/C17H25NO3/c1-12(2)21-15-7-6-14(11-13(15)3)8-9-18-17(19)16-5-4-10-20-16/h6-7,11-12,16H,4-5,8-10H2,1-3H3,(H,18,19). The number of benzene rings is 1. The Morgan fingerprint density at radius 3 is 2.90 bits per heavy atom. The van der Waals surface area contributed by atoms with Crippen LogP contribution in [0.2, 0.25) is 0 Å². The van der Waals surface area contributed by atoms with Crippen molar-refractivity contribution in [2.75, 3.05) is 13.2 Å². The van der Waals surface area contributed by atoms with E-state index in [1.807, 2.05) is 26.8 Å². The third-order valence-electron chi connectivity index (χ3n) is 3.54. The van der Waals surface area contributed by atoms with Gasteiger partial charge in [0.25, 0.3) is 0 Å². The molecule has 4 heteroatoms. The molecule has 0 aliphatic carbocycles. The summed E-state index contributed by atoms with van der Waals surface area (Å²) in [7, 11) is 0. The fourth-order valence-electron chi connectivity index (χ4n) is 2.48. The molecule has 1 saturated heterocycles. The zero-order chi connectivity index (χ0) is 15.2. The smallest absolute Gasteiger partial charge is 0.249 e. The van der Waals surface area contributed by atoms with E-state index in [1.165, 1.54) is 5.56 Å². The monoisotopic (exact) mass is 291 g/mol. The van der Waals surface area contributed by atoms with Gasteiger partial charge >= 0.3 is 0 Å². The van der Waals surface area contributed by atoms with Crippen molar-refractivity contribution in [1.82, 2.24) is 5.32 Å². The lowest BCUT2D eigenvalue weighted by molar-refractivity contribution is -0.129. The van der Waals surface area contributed by atoms with E-state index in [2.05, 4.69) is 17.4 Å². The molecule has 1 aliphatic heterocycles. The average Bonchev–Trinajstić information content (AvgIpc) is 2.95. The van der Waals surface area contributed by atoms with Gasteiger partial charge in [-0.25, -0.2) is 0 Å². The topological polar surface area (TPSA) is 47.6 Å². The van der Waals surface area contributed by atoms with Gasteiger partial charge < -0.3 is 14.8 Å². The van der Waals surface area contributed by atoms with Crippen molar-refractivity contribution >= 4 is 5.91 Å². The number of hydrogen-bond donors (Lipinski definition) is 1. The van der Waals surface area contributed by atoms with Gasteiger partial charge in [-0.1, -0.05) is 12.1 Å². The maximum Gasteiger partial charge on any atom is 0.249 e. The van der Waals surface area contributed by atoms with Crippen LogP contribution in [0.3, 0.4) is 0 Å². The Balaban J connectivity index is 1.80. The zero-order valence-corrected chi connectivity index (χ0v) is 13.1. The van der Waals surface area contributed by atoms with Gasteiger partial charge in [-0.2, -0.15) is 0 Å². The number of carbonyl (C=O) groups excluding carboxylic acids is 1. The predicted octanol–water partition coefficient (Wildman–Crippen LogP) is 2.62. The van der Waals surface area contributed by atoms with Gasteiger partial charge in [0.05, 0.1) is 6.10 Å². The summed E-state index contributed by atoms with van der Waals surface area (Å²) < 4.78 is 11.1. The second kappa shape index (κ2) is 7.46. The lowest BCUT2D eigenvalue weighted by atomic mass is 10.1. The molecule has 0 aromatic heterocycles. The van der Waals surface area contributed by atoms with E-state index in [9.17, 15) is 4.79 Å². The van der Waals surface area contributed by atoms with Gasteiger partial charge in [-0.15, -0.1) is 0 Å². The number of carbonyl (C=O) groups is 1. The molecular formula is C17H25NO3. The molecule has 1 N–H and O–H groups in total. The van der Waals surface area contributed by atoms with Crippen molar-refractivity contribution in [3.05, 3.63) is 29.3 Å². The van der Waals surface area contributed by atoms with Crippen LogP contribution in [0, 0.1) is 6.92 Å². The normalized spacial score (nSPS) is 18.0. The first-order valence-corrected chi connectivity index (χ1v) is 7.72. The van der Waals surface area contributed by atoms with Crippen molar-refractivity contribution in [3.8, 4) is 5.75 Å². The van der Waals surface area contributed by atoms with Crippen LogP contribution in [0.4, 0.5) is 0 Å². The number of ether oxygens (including phenoxy) is 2. The third-order valence-corrected chi connectivity index (χ3v) is 3.54. The number of rotatable bonds is 6. The largest absolute Gasteiger partial charge is 0.491 e. The summed E-state index contributed by atoms with van der Waals surface area (Å²) in [6.45, 7) is 7.44. The lowest BCUT2D eigenvalue weighted by Crippen LogP contribution is -2.35. The Morgan fingerprint density at radius 1 is 1.48 bits per heavy atom. The highest BCUT2D eigenvalue weighted by atomic mass is 16.5. The van der Waals surface area contributed by atoms with Crippen LogP contribution in [0.1, 0.15) is 37.8 Å². The van der Waals surface area contributed by atoms with Crippen molar-refractivity contribution in [3.63, 3.8) is 0 Å². The highest BCUT2D eigenvalue weighted by Gasteiger charge is 2.22. The van der Waals surface area contributed by atoms with Gasteiger partial charge in [0.15, 0.2) is 0 Å². The molecule has 1 unspecified atom stereocenters. The van der Waals surface area contributed by atoms with Gasteiger partial charge in [-0.05, 0) is 57.2 Å². The van der Waals surface area contributed by atoms with Crippen molar-refractivity contribution in [2.24, 2.45) is 0 Å². The van der Waals surface area contributed by atoms with E-state index in [0.717, 1.165) is 30.6 Å². The molecule has 0 bridgehead atoms. The minimum absolute atomic E-state index is 0.0176. The van der Waals surface area contributed by atoms with Crippen LogP contribution in [0.25, 0.3) is 0 Å². The Labute approximate surface area is 126 Å². The fraction of sp³-hybridized carbons (Fsp3) is 0.588. The van der Waals surface area contributed by atoms with Crippen LogP contribution in [-0.2, 0) is 16.0 Å². The summed E-state index contributed by atoms with van der Waals surface area (Å²) in [6, 6.07) is 6.19. The minimum Gasteiger partial charge on any atom is -0.491 e. The van der Waals surface area contributed by atoms with E-state index in [0.29, 0.717) is 13.2 Å². The van der Waals surface area contributed by atoms with E-state index in [-0.39, 0.29) is 18.1 Å². The summed E-state index contributed by atoms with van der Waals surface area (Å²) in [6.07, 6.45) is 2.58. The molecular weight excluding hydrogens is 266 g/mol. The number of hydrogen-bond acceptors (Lipinski definition) is 3. The van der Waals surface area contributed by atoms with Crippen LogP contribution < -0.4 is 10.1 Å². The molecule has 1 aliphatic rings. The highest BCUT2D eigenvalue weighted by Crippen LogP contribution is 2.20. The first-order valence-electron chi connectivity index (χ1n) is 7.72. The molecule has 0 saturated carbocycles. The van der Waals surface area contributed by atoms with Crippen molar-refractivity contribution < 1.29 is 14.3 Å². The van der Waals surface area contributed by atoms with E-state index in [4.69, 9.17) is 9.47 Å². The minimum atomic E-state index is -0.242. The molecule has 1 heterocycles. The van der Waals surface area contributed by atoms with E-state index < -0.39 is 0 Å². The first-order chi connectivity index (χ1) is 10.1. The lowest BCUT2D eigenvalue weighted by Gasteiger charge is -2.14. The molecule has 1 fully saturated rings. The van der Waals surface area contributed by atoms with Crippen LogP contribution in [-0.4, -0.2) is 31.3 Å². The summed E-state index contributed by atoms with van der Waals surface area (Å²) in [5.74, 6) is 0.945. The highest BCUT2D eigenvalue weighted by molar-refractivity contribution is 5.80. The molecule has 0 radical (unpaired) electrons. The molecule has 4 nitrogen and oxygen atoms in total. The SMILES string of the molecule is Cc1cc(CCNC(=O)C2CCCO2)ccc1OC(C)C. The Bertz CT molecular complexity index is 479. The number of amides is 1. The molecule has 21 heavy (non-hydrogen) atoms. The molecule has 1 aromatic carbocycles. The molecule has 116 valence electrons. The second-order valence-corrected chi connectivity index (χ2v) is 5.81. The van der Waals surface area contributed by atoms with Crippen molar-refractivity contribution in [1.29, 1.82) is 0 Å². The molecule has 2 rings (SSSR count). The first kappa shape index (κ1) is 15.8. The summed E-state index contributed by atoms with van der Waals surface area (Å²) >= 11 is 0. The summed E-state index contributed by atoms with van der Waals surface area (Å²) in [5, 5.41) is 2.94. The van der Waals surface area contributed by atoms with Crippen LogP contribution >= 0.6 is 0 Å². The quantitative estimate of drug-likeness (QED) is 0.876. The maximum atomic E-state index is 11.8. The van der Waals surface area contributed by atoms with Gasteiger partial charge in [-0.3, -0.25) is 4.79 Å². The Hall–Kier alpha value is -1.55. The molecule has 0 spiro atoms. The van der Waals surface area contributed by atoms with Gasteiger partial charge in [0.2, 0.25) is 5.91 Å². The van der Waals surface area contributed by atoms with Crippen LogP contribution in [0.15, 0.2) is 18.2 Å². The summed E-state index contributed by atoms with van der Waals surface area (Å²) in [5.41, 5.74) is 2.34. The van der Waals surface area contributed by atoms with Crippen molar-refractivity contribution in [2.45, 2.75) is 52.2 Å². The maximum absolute atomic E-state index is 11.8. The van der Waals surface area contributed by atoms with E-state index >= 15 is 0 Å².